The molecule has 1 aromatic heterocycles. The molecule has 6 nitrogen and oxygen atoms in total. The normalized spacial score (nSPS) is 20.7. The predicted octanol–water partition coefficient (Wildman–Crippen LogP) is 1.05. The first-order chi connectivity index (χ1) is 11.1. The molecule has 2 atom stereocenters. The minimum atomic E-state index is -0.424. The highest BCUT2D eigenvalue weighted by molar-refractivity contribution is 6.33. The van der Waals surface area contributed by atoms with Gasteiger partial charge in [-0.3, -0.25) is 9.48 Å². The van der Waals surface area contributed by atoms with Gasteiger partial charge in [-0.2, -0.15) is 5.10 Å². The van der Waals surface area contributed by atoms with E-state index in [2.05, 4.69) is 15.7 Å². The second-order valence-corrected chi connectivity index (χ2v) is 6.15. The predicted molar refractivity (Wildman–Crippen MR) is 88.4 cm³/mol. The minimum Gasteiger partial charge on any atom is -0.391 e. The van der Waals surface area contributed by atoms with Crippen molar-refractivity contribution in [1.29, 1.82) is 0 Å². The Kier molecular flexibility index (Phi) is 4.66. The van der Waals surface area contributed by atoms with Gasteiger partial charge in [0.15, 0.2) is 0 Å². The fourth-order valence-corrected chi connectivity index (χ4v) is 2.98. The molecule has 1 aliphatic heterocycles. The van der Waals surface area contributed by atoms with Crippen LogP contribution < -0.4 is 10.6 Å². The van der Waals surface area contributed by atoms with E-state index in [0.717, 1.165) is 5.56 Å². The average Bonchev–Trinajstić information content (AvgIpc) is 3.11. The molecule has 0 aliphatic carbocycles. The van der Waals surface area contributed by atoms with E-state index in [4.69, 9.17) is 11.6 Å². The number of halogens is 1. The Labute approximate surface area is 139 Å². The van der Waals surface area contributed by atoms with Gasteiger partial charge in [-0.15, -0.1) is 0 Å². The summed E-state index contributed by atoms with van der Waals surface area (Å²) in [7, 11) is 1.77. The van der Waals surface area contributed by atoms with Crippen molar-refractivity contribution in [1.82, 2.24) is 20.4 Å². The Morgan fingerprint density at radius 1 is 1.48 bits per heavy atom. The highest BCUT2D eigenvalue weighted by Crippen LogP contribution is 2.28. The maximum absolute atomic E-state index is 12.5. The molecule has 2 aromatic rings. The molecule has 3 rings (SSSR count). The molecule has 2 heterocycles. The first-order valence-electron chi connectivity index (χ1n) is 7.52. The Bertz CT molecular complexity index is 716. The number of hydrogen-bond donors (Lipinski definition) is 3. The van der Waals surface area contributed by atoms with Crippen molar-refractivity contribution in [2.24, 2.45) is 13.0 Å². The van der Waals surface area contributed by atoms with Gasteiger partial charge in [0.25, 0.3) is 5.91 Å². The van der Waals surface area contributed by atoms with Crippen molar-refractivity contribution in [3.05, 3.63) is 41.0 Å². The second kappa shape index (κ2) is 6.70. The zero-order valence-electron chi connectivity index (χ0n) is 12.8. The van der Waals surface area contributed by atoms with Crippen LogP contribution in [0.4, 0.5) is 0 Å². The average molecular weight is 335 g/mol. The largest absolute Gasteiger partial charge is 0.391 e. The monoisotopic (exact) mass is 334 g/mol. The Hall–Kier alpha value is -1.89. The van der Waals surface area contributed by atoms with E-state index in [1.165, 1.54) is 0 Å². The molecular weight excluding hydrogens is 316 g/mol. The quantitative estimate of drug-likeness (QED) is 0.781. The standard InChI is InChI=1S/C16H19ClN4O2/c1-21-9-12(15(20-21)11-4-2-3-5-13(11)17)16(23)19-7-10-6-18-8-14(10)22/h2-5,9-10,14,18,22H,6-8H2,1H3,(H,19,23). The summed E-state index contributed by atoms with van der Waals surface area (Å²) >= 11 is 6.22. The van der Waals surface area contributed by atoms with Crippen molar-refractivity contribution >= 4 is 17.5 Å². The van der Waals surface area contributed by atoms with Crippen molar-refractivity contribution in [2.75, 3.05) is 19.6 Å². The molecule has 1 amide bonds. The summed E-state index contributed by atoms with van der Waals surface area (Å²) in [5, 5.41) is 20.7. The molecule has 3 N–H and O–H groups in total. The van der Waals surface area contributed by atoms with Crippen LogP contribution in [0.5, 0.6) is 0 Å². The molecule has 7 heteroatoms. The highest BCUT2D eigenvalue weighted by atomic mass is 35.5. The minimum absolute atomic E-state index is 0.0272. The Morgan fingerprint density at radius 2 is 2.26 bits per heavy atom. The molecule has 23 heavy (non-hydrogen) atoms. The lowest BCUT2D eigenvalue weighted by molar-refractivity contribution is 0.0927. The van der Waals surface area contributed by atoms with Gasteiger partial charge in [0.1, 0.15) is 5.69 Å². The molecule has 122 valence electrons. The van der Waals surface area contributed by atoms with Crippen LogP contribution in [0.15, 0.2) is 30.5 Å². The van der Waals surface area contributed by atoms with Gasteiger partial charge in [0, 0.05) is 44.4 Å². The number of benzene rings is 1. The number of hydrogen-bond acceptors (Lipinski definition) is 4. The lowest BCUT2D eigenvalue weighted by Gasteiger charge is -2.14. The molecule has 1 fully saturated rings. The van der Waals surface area contributed by atoms with Crippen LogP contribution in [0, 0.1) is 5.92 Å². The summed E-state index contributed by atoms with van der Waals surface area (Å²) in [6, 6.07) is 7.31. The van der Waals surface area contributed by atoms with E-state index < -0.39 is 6.10 Å². The Balaban J connectivity index is 1.80. The highest BCUT2D eigenvalue weighted by Gasteiger charge is 2.26. The van der Waals surface area contributed by atoms with Crippen LogP contribution >= 0.6 is 11.6 Å². The first kappa shape index (κ1) is 16.0. The van der Waals surface area contributed by atoms with Gasteiger partial charge >= 0.3 is 0 Å². The van der Waals surface area contributed by atoms with E-state index in [0.29, 0.717) is 35.9 Å². The number of β-amino-alcohol motifs (C(OH)–C–C–N with tert-alkyl or cyclic N) is 1. The summed E-state index contributed by atoms with van der Waals surface area (Å²) in [6.07, 6.45) is 1.25. The molecule has 0 saturated carbocycles. The number of aryl methyl sites for hydroxylation is 1. The number of carbonyl (C=O) groups is 1. The fourth-order valence-electron chi connectivity index (χ4n) is 2.75. The summed E-state index contributed by atoms with van der Waals surface area (Å²) in [4.78, 5) is 12.5. The van der Waals surface area contributed by atoms with E-state index in [1.807, 2.05) is 18.2 Å². The van der Waals surface area contributed by atoms with Crippen LogP contribution in [0.2, 0.25) is 5.02 Å². The van der Waals surface area contributed by atoms with Crippen LogP contribution in [0.25, 0.3) is 11.3 Å². The van der Waals surface area contributed by atoms with E-state index in [-0.39, 0.29) is 11.8 Å². The molecule has 2 unspecified atom stereocenters. The van der Waals surface area contributed by atoms with Crippen LogP contribution in [0.3, 0.4) is 0 Å². The molecular formula is C16H19ClN4O2. The third kappa shape index (κ3) is 3.39. The topological polar surface area (TPSA) is 79.2 Å². The number of rotatable bonds is 4. The van der Waals surface area contributed by atoms with E-state index in [1.54, 1.807) is 24.0 Å². The summed E-state index contributed by atoms with van der Waals surface area (Å²) < 4.78 is 1.60. The zero-order valence-corrected chi connectivity index (χ0v) is 13.5. The molecule has 1 saturated heterocycles. The molecule has 0 bridgehead atoms. The number of carbonyl (C=O) groups excluding carboxylic acids is 1. The van der Waals surface area contributed by atoms with E-state index >= 15 is 0 Å². The first-order valence-corrected chi connectivity index (χ1v) is 7.89. The molecule has 0 radical (unpaired) electrons. The van der Waals surface area contributed by atoms with Crippen molar-refractivity contribution in [3.8, 4) is 11.3 Å². The summed E-state index contributed by atoms with van der Waals surface area (Å²) in [5.41, 5.74) is 1.75. The van der Waals surface area contributed by atoms with Gasteiger partial charge in [0.05, 0.1) is 16.7 Å². The van der Waals surface area contributed by atoms with Gasteiger partial charge in [-0.1, -0.05) is 29.8 Å². The SMILES string of the molecule is Cn1cc(C(=O)NCC2CNCC2O)c(-c2ccccc2Cl)n1. The second-order valence-electron chi connectivity index (χ2n) is 5.74. The fraction of sp³-hybridized carbons (Fsp3) is 0.375. The zero-order chi connectivity index (χ0) is 16.4. The Morgan fingerprint density at radius 3 is 2.96 bits per heavy atom. The number of aliphatic hydroxyl groups is 1. The molecule has 1 aliphatic rings. The maximum atomic E-state index is 12.5. The number of nitrogens with zero attached hydrogens (tertiary/aromatic N) is 2. The van der Waals surface area contributed by atoms with Crippen molar-refractivity contribution in [3.63, 3.8) is 0 Å². The molecule has 1 aromatic carbocycles. The van der Waals surface area contributed by atoms with Gasteiger partial charge in [0.2, 0.25) is 0 Å². The van der Waals surface area contributed by atoms with E-state index in [9.17, 15) is 9.90 Å². The number of aliphatic hydroxyl groups excluding tert-OH is 1. The van der Waals surface area contributed by atoms with Gasteiger partial charge in [-0.05, 0) is 6.07 Å². The maximum Gasteiger partial charge on any atom is 0.255 e. The number of nitrogens with one attached hydrogen (secondary N) is 2. The van der Waals surface area contributed by atoms with Crippen molar-refractivity contribution in [2.45, 2.75) is 6.10 Å². The smallest absolute Gasteiger partial charge is 0.255 e. The number of amides is 1. The van der Waals surface area contributed by atoms with Crippen LogP contribution in [-0.4, -0.2) is 46.5 Å². The lowest BCUT2D eigenvalue weighted by Crippen LogP contribution is -2.34. The summed E-state index contributed by atoms with van der Waals surface area (Å²) in [5.74, 6) is -0.188. The lowest BCUT2D eigenvalue weighted by atomic mass is 10.1. The van der Waals surface area contributed by atoms with Crippen LogP contribution in [0.1, 0.15) is 10.4 Å². The third-order valence-electron chi connectivity index (χ3n) is 4.03. The van der Waals surface area contributed by atoms with Crippen molar-refractivity contribution < 1.29 is 9.90 Å². The van der Waals surface area contributed by atoms with Gasteiger partial charge < -0.3 is 15.7 Å². The summed E-state index contributed by atoms with van der Waals surface area (Å²) in [6.45, 7) is 1.69. The third-order valence-corrected chi connectivity index (χ3v) is 4.36. The molecule has 0 spiro atoms. The van der Waals surface area contributed by atoms with Crippen LogP contribution in [-0.2, 0) is 7.05 Å². The van der Waals surface area contributed by atoms with Gasteiger partial charge in [-0.25, -0.2) is 0 Å². The number of aromatic nitrogens is 2.